The van der Waals surface area contributed by atoms with E-state index in [1.807, 2.05) is 12.3 Å². The third kappa shape index (κ3) is 4.89. The van der Waals surface area contributed by atoms with E-state index in [4.69, 9.17) is 9.72 Å². The second-order valence-corrected chi connectivity index (χ2v) is 15.5. The Balaban J connectivity index is 0.891. The van der Waals surface area contributed by atoms with Gasteiger partial charge in [-0.1, -0.05) is 158 Å². The summed E-state index contributed by atoms with van der Waals surface area (Å²) in [5.74, 6) is 1.74. The van der Waals surface area contributed by atoms with E-state index in [-0.39, 0.29) is 12.3 Å². The Kier molecular flexibility index (Phi) is 7.31. The van der Waals surface area contributed by atoms with Crippen LogP contribution in [0.4, 0.5) is 0 Å². The fraction of sp³-hybridized carbons (Fsp3) is 0.0556. The number of rotatable bonds is 5. The van der Waals surface area contributed by atoms with Gasteiger partial charge < -0.3 is 9.64 Å². The zero-order valence-corrected chi connectivity index (χ0v) is 31.6. The summed E-state index contributed by atoms with van der Waals surface area (Å²) >= 11 is 0. The number of para-hydroxylation sites is 2. The van der Waals surface area contributed by atoms with Gasteiger partial charge in [0.15, 0.2) is 0 Å². The van der Waals surface area contributed by atoms with Gasteiger partial charge in [0.25, 0.3) is 0 Å². The topological polar surface area (TPSA) is 37.4 Å². The predicted molar refractivity (Wildman–Crippen MR) is 233 cm³/mol. The van der Waals surface area contributed by atoms with Gasteiger partial charge >= 0.3 is 0 Å². The van der Waals surface area contributed by atoms with E-state index in [2.05, 4.69) is 204 Å². The molecule has 4 heterocycles. The summed E-state index contributed by atoms with van der Waals surface area (Å²) in [6, 6.07) is 67.5. The molecule has 0 radical (unpaired) electrons. The largest absolute Gasteiger partial charge is 0.457 e. The maximum Gasteiger partial charge on any atom is 0.132 e. The smallest absolute Gasteiger partial charge is 0.132 e. The zero-order valence-electron chi connectivity index (χ0n) is 31.6. The molecule has 8 aromatic rings. The van der Waals surface area contributed by atoms with E-state index in [1.165, 1.54) is 66.8 Å². The first kappa shape index (κ1) is 32.9. The van der Waals surface area contributed by atoms with Crippen LogP contribution >= 0.6 is 0 Å². The molecule has 3 aliphatic heterocycles. The Morgan fingerprint density at radius 1 is 0.483 bits per heavy atom. The molecule has 2 atom stereocenters. The number of pyridine rings is 1. The van der Waals surface area contributed by atoms with E-state index in [0.717, 1.165) is 28.3 Å². The van der Waals surface area contributed by atoms with Crippen LogP contribution in [0.3, 0.4) is 0 Å². The van der Waals surface area contributed by atoms with Gasteiger partial charge in [0, 0.05) is 29.1 Å². The van der Waals surface area contributed by atoms with Crippen molar-refractivity contribution in [3.8, 4) is 44.9 Å². The van der Waals surface area contributed by atoms with Gasteiger partial charge in [0.1, 0.15) is 23.8 Å². The highest BCUT2D eigenvalue weighted by molar-refractivity contribution is 5.90. The monoisotopic (exact) mass is 743 g/mol. The minimum absolute atomic E-state index is 0.0781. The number of allylic oxidation sites excluding steroid dienone is 2. The lowest BCUT2D eigenvalue weighted by Gasteiger charge is -2.52. The maximum atomic E-state index is 6.54. The molecular weight excluding hydrogens is 707 g/mol. The molecule has 4 nitrogen and oxygen atoms in total. The van der Waals surface area contributed by atoms with E-state index in [1.54, 1.807) is 0 Å². The molecule has 1 fully saturated rings. The second kappa shape index (κ2) is 12.9. The summed E-state index contributed by atoms with van der Waals surface area (Å²) in [5.41, 5.74) is 17.2. The Morgan fingerprint density at radius 3 is 1.84 bits per heavy atom. The zero-order chi connectivity index (χ0) is 38.2. The number of fused-ring (bicyclic) bond motifs is 10. The van der Waals surface area contributed by atoms with E-state index in [9.17, 15) is 0 Å². The molecule has 1 saturated heterocycles. The summed E-state index contributed by atoms with van der Waals surface area (Å²) in [6.07, 6.45) is 6.77. The average Bonchev–Trinajstić information content (AvgIpc) is 3.57. The molecule has 12 rings (SSSR count). The lowest BCUT2D eigenvalue weighted by molar-refractivity contribution is 0.0566. The first-order valence-corrected chi connectivity index (χ1v) is 20.0. The molecule has 0 bridgehead atoms. The normalized spacial score (nSPS) is 17.7. The van der Waals surface area contributed by atoms with Crippen LogP contribution in [0.15, 0.2) is 207 Å². The van der Waals surface area contributed by atoms with Gasteiger partial charge in [0.05, 0.1) is 11.1 Å². The van der Waals surface area contributed by atoms with Crippen molar-refractivity contribution in [1.29, 1.82) is 0 Å². The average molecular weight is 744 g/mol. The van der Waals surface area contributed by atoms with Crippen LogP contribution in [0, 0.1) is 0 Å². The van der Waals surface area contributed by atoms with Crippen molar-refractivity contribution < 1.29 is 4.74 Å². The number of benzene rings is 7. The van der Waals surface area contributed by atoms with Gasteiger partial charge in [-0.05, 0) is 97.6 Å². The van der Waals surface area contributed by atoms with Crippen LogP contribution in [0.5, 0.6) is 11.5 Å². The van der Waals surface area contributed by atoms with Crippen molar-refractivity contribution in [1.82, 2.24) is 15.2 Å². The fourth-order valence-electron chi connectivity index (χ4n) is 9.75. The Morgan fingerprint density at radius 2 is 1.10 bits per heavy atom. The molecule has 1 N–H and O–H groups in total. The van der Waals surface area contributed by atoms with Gasteiger partial charge in [-0.15, -0.1) is 0 Å². The molecule has 0 amide bonds. The number of nitrogens with one attached hydrogen (secondary N) is 1. The standard InChI is InChI=1S/C54H37N3O/c1-3-13-35(14-4-1)42-32-45(37-15-5-2-6-16-37)53-56-52(57(53)34-42)38-26-24-36(25-27-38)39-17-11-18-40(31-39)41-28-29-43-44-19-12-30-55-51(44)54(48(43)33-41)46-20-7-9-22-49(46)58-50-23-10-8-21-47(50)54/h1-34,52-53,56H. The Hall–Kier alpha value is -7.27. The van der Waals surface area contributed by atoms with Crippen LogP contribution < -0.4 is 10.1 Å². The van der Waals surface area contributed by atoms with Gasteiger partial charge in [-0.3, -0.25) is 10.3 Å². The number of aromatic nitrogens is 1. The van der Waals surface area contributed by atoms with Crippen molar-refractivity contribution in [2.45, 2.75) is 17.7 Å². The number of hydrogen-bond acceptors (Lipinski definition) is 4. The Bertz CT molecular complexity index is 2920. The van der Waals surface area contributed by atoms with Crippen LogP contribution in [-0.2, 0) is 5.41 Å². The van der Waals surface area contributed by atoms with Crippen molar-refractivity contribution in [2.24, 2.45) is 0 Å². The van der Waals surface area contributed by atoms with Gasteiger partial charge in [-0.2, -0.15) is 0 Å². The molecule has 0 saturated carbocycles. The lowest BCUT2D eigenvalue weighted by atomic mass is 9.67. The quantitative estimate of drug-likeness (QED) is 0.190. The van der Waals surface area contributed by atoms with E-state index in [0.29, 0.717) is 0 Å². The third-order valence-electron chi connectivity index (χ3n) is 12.5. The molecular formula is C54H37N3O. The first-order chi connectivity index (χ1) is 28.7. The number of ether oxygens (including phenoxy) is 1. The molecule has 2 unspecified atom stereocenters. The summed E-state index contributed by atoms with van der Waals surface area (Å²) in [4.78, 5) is 7.59. The number of nitrogens with zero attached hydrogens (tertiary/aromatic N) is 2. The molecule has 1 aliphatic carbocycles. The summed E-state index contributed by atoms with van der Waals surface area (Å²) in [6.45, 7) is 0. The SMILES string of the molecule is C1=C(c2ccccc2)C=C(c2ccccc2)C2NC(c3ccc(-c4cccc(-c5ccc6c(c5)C5(c7ccccc7Oc7ccccc75)c5ncccc5-6)c4)cc3)N12. The summed E-state index contributed by atoms with van der Waals surface area (Å²) in [7, 11) is 0. The van der Waals surface area contributed by atoms with Gasteiger partial charge in [0.2, 0.25) is 0 Å². The highest BCUT2D eigenvalue weighted by Crippen LogP contribution is 2.61. The van der Waals surface area contributed by atoms with Crippen molar-refractivity contribution in [2.75, 3.05) is 0 Å². The van der Waals surface area contributed by atoms with E-state index >= 15 is 0 Å². The number of hydrogen-bond donors (Lipinski definition) is 1. The third-order valence-corrected chi connectivity index (χ3v) is 12.5. The highest BCUT2D eigenvalue weighted by atomic mass is 16.5. The lowest BCUT2D eigenvalue weighted by Crippen LogP contribution is -2.62. The Labute approximate surface area is 338 Å². The maximum absolute atomic E-state index is 6.54. The molecule has 1 spiro atoms. The minimum Gasteiger partial charge on any atom is -0.457 e. The first-order valence-electron chi connectivity index (χ1n) is 20.0. The second-order valence-electron chi connectivity index (χ2n) is 15.5. The van der Waals surface area contributed by atoms with Crippen LogP contribution in [0.1, 0.15) is 45.2 Å². The molecule has 4 heteroatoms. The predicted octanol–water partition coefficient (Wildman–Crippen LogP) is 12.3. The summed E-state index contributed by atoms with van der Waals surface area (Å²) in [5, 5.41) is 3.87. The molecule has 274 valence electrons. The van der Waals surface area contributed by atoms with Crippen LogP contribution in [0.2, 0.25) is 0 Å². The van der Waals surface area contributed by atoms with Crippen molar-refractivity contribution in [3.05, 3.63) is 246 Å². The fourth-order valence-corrected chi connectivity index (χ4v) is 9.75. The summed E-state index contributed by atoms with van der Waals surface area (Å²) < 4.78 is 6.54. The van der Waals surface area contributed by atoms with E-state index < -0.39 is 5.41 Å². The molecule has 7 aromatic carbocycles. The van der Waals surface area contributed by atoms with Crippen molar-refractivity contribution >= 4 is 11.1 Å². The molecule has 4 aliphatic rings. The minimum atomic E-state index is -0.599. The highest BCUT2D eigenvalue weighted by Gasteiger charge is 2.52. The van der Waals surface area contributed by atoms with Crippen LogP contribution in [-0.4, -0.2) is 16.0 Å². The molecule has 58 heavy (non-hydrogen) atoms. The van der Waals surface area contributed by atoms with Crippen molar-refractivity contribution in [3.63, 3.8) is 0 Å². The van der Waals surface area contributed by atoms with Gasteiger partial charge in [-0.25, -0.2) is 0 Å². The molecule has 1 aromatic heterocycles. The van der Waals surface area contributed by atoms with Crippen LogP contribution in [0.25, 0.3) is 44.5 Å².